The summed E-state index contributed by atoms with van der Waals surface area (Å²) < 4.78 is 0. The van der Waals surface area contributed by atoms with Gasteiger partial charge in [-0.3, -0.25) is 24.1 Å². The van der Waals surface area contributed by atoms with Crippen LogP contribution in [0.3, 0.4) is 0 Å². The number of ketones is 2. The highest BCUT2D eigenvalue weighted by molar-refractivity contribution is 6.23. The Labute approximate surface area is 223 Å². The molecule has 1 saturated heterocycles. The van der Waals surface area contributed by atoms with Crippen LogP contribution >= 0.6 is 0 Å². The molecule has 1 aromatic carbocycles. The molecule has 5 rings (SSSR count). The maximum atomic E-state index is 13.7. The summed E-state index contributed by atoms with van der Waals surface area (Å²) in [6, 6.07) is 4.30. The topological polar surface area (TPSA) is 205 Å². The van der Waals surface area contributed by atoms with Crippen LogP contribution in [0.5, 0.6) is 5.75 Å². The van der Waals surface area contributed by atoms with Gasteiger partial charge in [0.2, 0.25) is 5.78 Å². The molecule has 210 valence electrons. The zero-order valence-corrected chi connectivity index (χ0v) is 21.6. The number of aromatic hydroxyl groups is 1. The lowest BCUT2D eigenvalue weighted by Gasteiger charge is -2.50. The molecule has 3 aliphatic carbocycles. The van der Waals surface area contributed by atoms with E-state index in [4.69, 9.17) is 9.90 Å². The Bertz CT molecular complexity index is 1300. The van der Waals surface area contributed by atoms with Crippen LogP contribution in [0.15, 0.2) is 35.1 Å². The zero-order valence-electron chi connectivity index (χ0n) is 21.6. The van der Waals surface area contributed by atoms with E-state index >= 15 is 0 Å². The number of hydrogen-bond acceptors (Lipinski definition) is 10. The maximum absolute atomic E-state index is 13.7. The van der Waals surface area contributed by atoms with E-state index in [1.54, 1.807) is 0 Å². The average molecular weight is 545 g/mol. The Morgan fingerprint density at radius 3 is 2.33 bits per heavy atom. The fourth-order valence-corrected chi connectivity index (χ4v) is 6.07. The molecule has 1 aromatic rings. The molecule has 1 heterocycles. The Hall–Kier alpha value is -3.74. The van der Waals surface area contributed by atoms with Crippen molar-refractivity contribution in [3.8, 4) is 5.75 Å². The molecule has 1 aliphatic heterocycles. The number of carbonyl (C=O) groups excluding carboxylic acids is 3. The summed E-state index contributed by atoms with van der Waals surface area (Å²) in [4.78, 5) is 50.4. The molecular weight excluding hydrogens is 512 g/mol. The second-order valence-corrected chi connectivity index (χ2v) is 10.5. The van der Waals surface area contributed by atoms with Gasteiger partial charge >= 0.3 is 0 Å². The highest BCUT2D eigenvalue weighted by Gasteiger charge is 2.63. The smallest absolute Gasteiger partial charge is 0.300 e. The minimum atomic E-state index is -2.63. The molecule has 1 amide bonds. The number of fused-ring (bicyclic) bond motifs is 3. The second-order valence-electron chi connectivity index (χ2n) is 10.5. The molecule has 12 nitrogen and oxygen atoms in total. The van der Waals surface area contributed by atoms with Crippen LogP contribution in [0.2, 0.25) is 0 Å². The van der Waals surface area contributed by atoms with Crippen LogP contribution < -0.4 is 5.32 Å². The lowest BCUT2D eigenvalue weighted by molar-refractivity contribution is -0.153. The van der Waals surface area contributed by atoms with Crippen molar-refractivity contribution in [2.75, 3.05) is 19.8 Å². The minimum Gasteiger partial charge on any atom is -0.508 e. The lowest BCUT2D eigenvalue weighted by atomic mass is 9.56. The molecule has 39 heavy (non-hydrogen) atoms. The summed E-state index contributed by atoms with van der Waals surface area (Å²) in [6.07, 6.45) is 1.45. The number of Topliss-reactive ketones (excluding diaryl/α,β-unsaturated/α-hetero) is 2. The summed E-state index contributed by atoms with van der Waals surface area (Å²) in [7, 11) is 0. The van der Waals surface area contributed by atoms with E-state index in [-0.39, 0.29) is 35.5 Å². The molecule has 1 saturated carbocycles. The number of benzene rings is 1. The Kier molecular flexibility index (Phi) is 7.32. The van der Waals surface area contributed by atoms with Gasteiger partial charge in [-0.05, 0) is 50.9 Å². The Balaban J connectivity index is 0.000000826. The molecule has 2 fully saturated rings. The van der Waals surface area contributed by atoms with Crippen molar-refractivity contribution in [1.82, 2.24) is 10.2 Å². The third-order valence-electron chi connectivity index (χ3n) is 8.01. The first kappa shape index (κ1) is 28.3. The van der Waals surface area contributed by atoms with Crippen molar-refractivity contribution in [2.45, 2.75) is 50.7 Å². The number of aliphatic carboxylic acids is 1. The van der Waals surface area contributed by atoms with Crippen molar-refractivity contribution < 1.29 is 49.8 Å². The number of nitrogens with one attached hydrogen (secondary N) is 1. The molecule has 4 aliphatic rings. The van der Waals surface area contributed by atoms with Crippen molar-refractivity contribution >= 4 is 29.2 Å². The average Bonchev–Trinajstić information content (AvgIpc) is 3.37. The molecule has 4 unspecified atom stereocenters. The number of carbonyl (C=O) groups is 4. The zero-order chi connectivity index (χ0) is 28.9. The number of likely N-dealkylation sites (tertiary alicyclic amines) is 1. The highest BCUT2D eigenvalue weighted by atomic mass is 16.4. The van der Waals surface area contributed by atoms with E-state index < -0.39 is 70.0 Å². The standard InChI is InChI=1S/C25H28N2O8.C2H4O2/c1-24(34)13-5-4-6-15(28)17(13)20(30)18-14(24)9-12-10-16(29)19(22(32)25(12,35)21(18)31)23(33)26-11-27-7-2-3-8-27;1-2(3)4/h4-6,12,14,28,30,32,34-35H,2-3,7-11H2,1H3,(H,26,33);1H3,(H,3,4). The highest BCUT2D eigenvalue weighted by Crippen LogP contribution is 2.56. The monoisotopic (exact) mass is 544 g/mol. The first-order valence-electron chi connectivity index (χ1n) is 12.6. The number of carboxylic acid groups (broad SMARTS) is 1. The lowest BCUT2D eigenvalue weighted by Crippen LogP contribution is -2.60. The molecule has 4 atom stereocenters. The summed E-state index contributed by atoms with van der Waals surface area (Å²) in [5.41, 5.74) is -5.33. The maximum Gasteiger partial charge on any atom is 0.300 e. The third kappa shape index (κ3) is 4.58. The summed E-state index contributed by atoms with van der Waals surface area (Å²) >= 11 is 0. The van der Waals surface area contributed by atoms with E-state index in [1.165, 1.54) is 25.1 Å². The van der Waals surface area contributed by atoms with Crippen molar-refractivity contribution in [1.29, 1.82) is 0 Å². The first-order chi connectivity index (χ1) is 18.2. The number of nitrogens with zero attached hydrogens (tertiary/aromatic N) is 1. The van der Waals surface area contributed by atoms with Crippen molar-refractivity contribution in [3.63, 3.8) is 0 Å². The summed E-state index contributed by atoms with van der Waals surface area (Å²) in [6.45, 7) is 4.24. The molecule has 7 N–H and O–H groups in total. The number of aliphatic hydroxyl groups excluding tert-OH is 2. The van der Waals surface area contributed by atoms with Gasteiger partial charge in [0.1, 0.15) is 22.8 Å². The van der Waals surface area contributed by atoms with Gasteiger partial charge < -0.3 is 36.0 Å². The van der Waals surface area contributed by atoms with Gasteiger partial charge in [0.25, 0.3) is 11.9 Å². The molecule has 12 heteroatoms. The van der Waals surface area contributed by atoms with Crippen LogP contribution in [0.1, 0.15) is 50.7 Å². The fourth-order valence-electron chi connectivity index (χ4n) is 6.07. The van der Waals surface area contributed by atoms with Crippen LogP contribution in [-0.2, 0) is 24.8 Å². The van der Waals surface area contributed by atoms with E-state index in [2.05, 4.69) is 5.32 Å². The van der Waals surface area contributed by atoms with E-state index in [1.807, 2.05) is 4.90 Å². The van der Waals surface area contributed by atoms with Crippen molar-refractivity contribution in [2.24, 2.45) is 11.8 Å². The SMILES string of the molecule is CC(=O)O.CC1(O)c2cccc(O)c2C(O)=C2C(=O)C3(O)C(O)=C(C(=O)NCN4CCCC4)C(=O)CC3CC21. The number of aliphatic hydroxyl groups is 4. The van der Waals surface area contributed by atoms with Gasteiger partial charge in [-0.2, -0.15) is 0 Å². The van der Waals surface area contributed by atoms with Gasteiger partial charge in [0.05, 0.1) is 17.8 Å². The number of rotatable bonds is 3. The second kappa shape index (κ2) is 10.1. The molecule has 0 aromatic heterocycles. The molecule has 0 bridgehead atoms. The molecule has 0 radical (unpaired) electrons. The third-order valence-corrected chi connectivity index (χ3v) is 8.01. The van der Waals surface area contributed by atoms with Gasteiger partial charge in [0, 0.05) is 30.8 Å². The van der Waals surface area contributed by atoms with Crippen LogP contribution in [-0.4, -0.2) is 84.3 Å². The largest absolute Gasteiger partial charge is 0.508 e. The van der Waals surface area contributed by atoms with Gasteiger partial charge in [-0.25, -0.2) is 0 Å². The number of carboxylic acids is 1. The summed E-state index contributed by atoms with van der Waals surface area (Å²) in [5.74, 6) is -7.72. The predicted molar refractivity (Wildman–Crippen MR) is 135 cm³/mol. The predicted octanol–water partition coefficient (Wildman–Crippen LogP) is 0.864. The van der Waals surface area contributed by atoms with Gasteiger partial charge in [-0.15, -0.1) is 0 Å². The van der Waals surface area contributed by atoms with Gasteiger partial charge in [0.15, 0.2) is 11.4 Å². The number of phenolic OH excluding ortho intramolecular Hbond substituents is 1. The Morgan fingerprint density at radius 1 is 1.10 bits per heavy atom. The minimum absolute atomic E-state index is 0.123. The summed E-state index contributed by atoms with van der Waals surface area (Å²) in [5, 5.41) is 65.2. The number of hydrogen-bond donors (Lipinski definition) is 7. The Morgan fingerprint density at radius 2 is 1.72 bits per heavy atom. The van der Waals surface area contributed by atoms with Crippen molar-refractivity contribution in [3.05, 3.63) is 46.2 Å². The van der Waals surface area contributed by atoms with E-state index in [0.717, 1.165) is 32.9 Å². The quantitative estimate of drug-likeness (QED) is 0.266. The fraction of sp³-hybridized carbons (Fsp3) is 0.481. The van der Waals surface area contributed by atoms with Crippen LogP contribution in [0.25, 0.3) is 5.76 Å². The van der Waals surface area contributed by atoms with Gasteiger partial charge in [-0.1, -0.05) is 12.1 Å². The normalized spacial score (nSPS) is 30.2. The van der Waals surface area contributed by atoms with Crippen LogP contribution in [0.4, 0.5) is 0 Å². The van der Waals surface area contributed by atoms with Crippen LogP contribution in [0, 0.1) is 11.8 Å². The molecule has 0 spiro atoms. The number of amides is 1. The number of phenols is 1. The van der Waals surface area contributed by atoms with E-state index in [9.17, 15) is 39.9 Å². The molecular formula is C27H32N2O10. The van der Waals surface area contributed by atoms with E-state index in [0.29, 0.717) is 0 Å². The first-order valence-corrected chi connectivity index (χ1v) is 12.6.